The zero-order valence-electron chi connectivity index (χ0n) is 23.5. The highest BCUT2D eigenvalue weighted by Crippen LogP contribution is 2.66. The van der Waals surface area contributed by atoms with E-state index in [1.54, 1.807) is 24.3 Å². The van der Waals surface area contributed by atoms with Crippen LogP contribution in [0.5, 0.6) is 5.75 Å². The predicted octanol–water partition coefficient (Wildman–Crippen LogP) is 5.86. The molecule has 1 N–H and O–H groups in total. The monoisotopic (exact) mass is 632 g/mol. The number of phenols is 1. The van der Waals surface area contributed by atoms with E-state index < -0.39 is 57.0 Å². The molecule has 2 aliphatic heterocycles. The third-order valence-electron chi connectivity index (χ3n) is 9.70. The highest BCUT2D eigenvalue weighted by molar-refractivity contribution is 6.58. The van der Waals surface area contributed by atoms with Gasteiger partial charge in [0.1, 0.15) is 11.6 Å². The summed E-state index contributed by atoms with van der Waals surface area (Å²) in [5, 5.41) is 10.4. The molecule has 3 fully saturated rings. The van der Waals surface area contributed by atoms with E-state index in [4.69, 9.17) is 23.2 Å². The molecule has 0 bridgehead atoms. The molecule has 3 aromatic rings. The number of carbonyl (C=O) groups excluding carboxylic acids is 4. The fraction of sp³-hybridized carbons (Fsp3) is 0.294. The molecule has 2 aliphatic carbocycles. The number of allylic oxidation sites excluding steroid dienone is 2. The van der Waals surface area contributed by atoms with Crippen molar-refractivity contribution in [3.63, 3.8) is 0 Å². The number of hydrogen-bond acceptors (Lipinski definition) is 5. The predicted molar refractivity (Wildman–Crippen MR) is 163 cm³/mol. The molecule has 2 heterocycles. The number of alkyl halides is 2. The van der Waals surface area contributed by atoms with E-state index in [-0.39, 0.29) is 30.2 Å². The lowest BCUT2D eigenvalue weighted by Gasteiger charge is -2.50. The van der Waals surface area contributed by atoms with Crippen LogP contribution in [0.4, 0.5) is 15.8 Å². The van der Waals surface area contributed by atoms with E-state index in [9.17, 15) is 28.7 Å². The van der Waals surface area contributed by atoms with Crippen molar-refractivity contribution >= 4 is 58.2 Å². The molecular weight excluding hydrogens is 606 g/mol. The Bertz CT molecular complexity index is 1780. The Morgan fingerprint density at radius 2 is 1.52 bits per heavy atom. The van der Waals surface area contributed by atoms with Gasteiger partial charge < -0.3 is 5.11 Å². The van der Waals surface area contributed by atoms with E-state index in [2.05, 4.69) is 0 Å². The zero-order valence-corrected chi connectivity index (χ0v) is 25.1. The molecule has 0 spiro atoms. The van der Waals surface area contributed by atoms with E-state index in [1.165, 1.54) is 29.2 Å². The summed E-state index contributed by atoms with van der Waals surface area (Å²) in [5.74, 6) is -6.19. The van der Waals surface area contributed by atoms with Crippen LogP contribution in [0.15, 0.2) is 84.4 Å². The lowest BCUT2D eigenvalue weighted by atomic mass is 9.56. The molecule has 7 nitrogen and oxygen atoms in total. The van der Waals surface area contributed by atoms with Gasteiger partial charge in [0.2, 0.25) is 11.8 Å². The molecule has 0 aromatic heterocycles. The molecule has 6 atom stereocenters. The third-order valence-corrected chi connectivity index (χ3v) is 11.1. The van der Waals surface area contributed by atoms with Crippen molar-refractivity contribution in [2.75, 3.05) is 9.80 Å². The minimum absolute atomic E-state index is 0.0830. The van der Waals surface area contributed by atoms with Gasteiger partial charge in [-0.05, 0) is 84.8 Å². The number of phenolic OH excluding ortho intramolecular Hbond substituents is 1. The SMILES string of the molecule is CCc1ccc(N2C(=O)[C@H]3[C@H](CC=C4[C@H]3C[C@@]3(Cl)C(=O)N(c5ccc(F)cc5)C(=O)[C@@]3(Cl)[C@H]4c3cccc(O)c3)C2=O)cc1. The Balaban J connectivity index is 1.37. The summed E-state index contributed by atoms with van der Waals surface area (Å²) in [6.07, 6.45) is 2.70. The average molecular weight is 634 g/mol. The number of halogens is 3. The lowest BCUT2D eigenvalue weighted by molar-refractivity contribution is -0.125. The summed E-state index contributed by atoms with van der Waals surface area (Å²) in [4.78, 5) is 54.5. The first-order valence-electron chi connectivity index (χ1n) is 14.5. The molecule has 1 saturated carbocycles. The number of nitrogens with zero attached hydrogens (tertiary/aromatic N) is 2. The molecule has 10 heteroatoms. The maximum atomic E-state index is 14.3. The number of rotatable bonds is 4. The van der Waals surface area contributed by atoms with Gasteiger partial charge in [-0.1, -0.05) is 42.8 Å². The number of benzene rings is 3. The quantitative estimate of drug-likeness (QED) is 0.221. The van der Waals surface area contributed by atoms with E-state index in [0.717, 1.165) is 29.0 Å². The van der Waals surface area contributed by atoms with Crippen LogP contribution in [0, 0.1) is 23.6 Å². The van der Waals surface area contributed by atoms with Crippen molar-refractivity contribution in [2.24, 2.45) is 17.8 Å². The second-order valence-corrected chi connectivity index (χ2v) is 13.1. The largest absolute Gasteiger partial charge is 0.508 e. The van der Waals surface area contributed by atoms with Gasteiger partial charge >= 0.3 is 0 Å². The Labute approximate surface area is 262 Å². The Kier molecular flexibility index (Phi) is 6.54. The fourth-order valence-electron chi connectivity index (χ4n) is 7.61. The number of amides is 4. The minimum Gasteiger partial charge on any atom is -0.508 e. The van der Waals surface area contributed by atoms with Crippen LogP contribution in [0.25, 0.3) is 0 Å². The van der Waals surface area contributed by atoms with Crippen LogP contribution in [0.1, 0.15) is 36.8 Å². The van der Waals surface area contributed by atoms with Crippen LogP contribution >= 0.6 is 23.2 Å². The number of fused-ring (bicyclic) bond motifs is 4. The first-order valence-corrected chi connectivity index (χ1v) is 15.2. The van der Waals surface area contributed by atoms with Crippen molar-refractivity contribution in [1.29, 1.82) is 0 Å². The number of anilines is 2. The number of hydrogen-bond donors (Lipinski definition) is 1. The second kappa shape index (κ2) is 10.0. The average Bonchev–Trinajstić information content (AvgIpc) is 3.35. The second-order valence-electron chi connectivity index (χ2n) is 11.9. The van der Waals surface area contributed by atoms with Gasteiger partial charge in [0.05, 0.1) is 23.2 Å². The fourth-order valence-corrected chi connectivity index (χ4v) is 8.55. The van der Waals surface area contributed by atoms with Crippen molar-refractivity contribution in [2.45, 2.75) is 41.9 Å². The molecule has 224 valence electrons. The smallest absolute Gasteiger partial charge is 0.258 e. The molecule has 0 radical (unpaired) electrons. The molecule has 7 rings (SSSR count). The molecule has 3 aromatic carbocycles. The van der Waals surface area contributed by atoms with Crippen molar-refractivity contribution < 1.29 is 28.7 Å². The van der Waals surface area contributed by atoms with E-state index in [0.29, 0.717) is 16.8 Å². The summed E-state index contributed by atoms with van der Waals surface area (Å²) in [5.41, 5.74) is 2.69. The van der Waals surface area contributed by atoms with Crippen LogP contribution < -0.4 is 9.80 Å². The van der Waals surface area contributed by atoms with Gasteiger partial charge in [-0.25, -0.2) is 9.29 Å². The Hall–Kier alpha value is -4.01. The molecular formula is C34H27Cl2FN2O5. The van der Waals surface area contributed by atoms with Crippen LogP contribution in [-0.4, -0.2) is 38.5 Å². The van der Waals surface area contributed by atoms with Crippen molar-refractivity contribution in [3.05, 3.63) is 101 Å². The van der Waals surface area contributed by atoms with E-state index >= 15 is 0 Å². The Morgan fingerprint density at radius 1 is 0.864 bits per heavy atom. The van der Waals surface area contributed by atoms with Gasteiger partial charge in [-0.15, -0.1) is 23.2 Å². The highest BCUT2D eigenvalue weighted by Gasteiger charge is 2.76. The van der Waals surface area contributed by atoms with Gasteiger partial charge in [0, 0.05) is 5.92 Å². The van der Waals surface area contributed by atoms with Crippen LogP contribution in [0.2, 0.25) is 0 Å². The zero-order chi connectivity index (χ0) is 31.1. The molecule has 4 amide bonds. The van der Waals surface area contributed by atoms with Gasteiger partial charge in [-0.3, -0.25) is 24.1 Å². The maximum absolute atomic E-state index is 14.3. The Morgan fingerprint density at radius 3 is 2.18 bits per heavy atom. The van der Waals surface area contributed by atoms with E-state index in [1.807, 2.05) is 25.1 Å². The van der Waals surface area contributed by atoms with Crippen LogP contribution in [-0.2, 0) is 25.6 Å². The number of aromatic hydroxyl groups is 1. The molecule has 4 aliphatic rings. The van der Waals surface area contributed by atoms with Gasteiger partial charge in [-0.2, -0.15) is 0 Å². The summed E-state index contributed by atoms with van der Waals surface area (Å²) in [6.45, 7) is 2.01. The normalized spacial score (nSPS) is 31.1. The number of imide groups is 2. The summed E-state index contributed by atoms with van der Waals surface area (Å²) in [7, 11) is 0. The minimum atomic E-state index is -2.05. The van der Waals surface area contributed by atoms with Crippen molar-refractivity contribution in [3.8, 4) is 5.75 Å². The first-order chi connectivity index (χ1) is 21.0. The molecule has 2 saturated heterocycles. The highest BCUT2D eigenvalue weighted by atomic mass is 35.5. The van der Waals surface area contributed by atoms with Gasteiger partial charge in [0.25, 0.3) is 11.8 Å². The van der Waals surface area contributed by atoms with Crippen LogP contribution in [0.3, 0.4) is 0 Å². The first kappa shape index (κ1) is 28.7. The number of aryl methyl sites for hydroxylation is 1. The standard InChI is InChI=1S/C34H27Cl2FN2O5/c1-2-18-6-10-21(11-7-18)38-29(41)25-15-14-24-26(27(25)30(38)42)17-33(35)31(43)39(22-12-8-20(37)9-13-22)32(44)34(33,36)28(24)19-4-3-5-23(40)16-19/h3-14,16,25-28,40H,2,15,17H2,1H3/t25-,26+,27-,28-,33+,34-/m0/s1. The van der Waals surface area contributed by atoms with Crippen molar-refractivity contribution in [1.82, 2.24) is 0 Å². The third kappa shape index (κ3) is 3.80. The summed E-state index contributed by atoms with van der Waals surface area (Å²) >= 11 is 14.6. The number of carbonyl (C=O) groups is 4. The molecule has 44 heavy (non-hydrogen) atoms. The topological polar surface area (TPSA) is 95.0 Å². The lowest BCUT2D eigenvalue weighted by Crippen LogP contribution is -2.60. The molecule has 0 unspecified atom stereocenters. The van der Waals surface area contributed by atoms with Gasteiger partial charge in [0.15, 0.2) is 9.75 Å². The summed E-state index contributed by atoms with van der Waals surface area (Å²) in [6, 6.07) is 18.3. The maximum Gasteiger partial charge on any atom is 0.258 e. The summed E-state index contributed by atoms with van der Waals surface area (Å²) < 4.78 is 13.8.